The summed E-state index contributed by atoms with van der Waals surface area (Å²) in [6.07, 6.45) is 2.10. The second-order valence-electron chi connectivity index (χ2n) is 6.16. The summed E-state index contributed by atoms with van der Waals surface area (Å²) in [5.41, 5.74) is 7.90. The Morgan fingerprint density at radius 1 is 0.913 bits per heavy atom. The number of hydrogen-bond donors (Lipinski definition) is 0. The van der Waals surface area contributed by atoms with Crippen LogP contribution in [-0.2, 0) is 0 Å². The van der Waals surface area contributed by atoms with Crippen molar-refractivity contribution in [2.75, 3.05) is 19.0 Å². The van der Waals surface area contributed by atoms with Crippen molar-refractivity contribution < 1.29 is 0 Å². The van der Waals surface area contributed by atoms with Gasteiger partial charge in [-0.2, -0.15) is 0 Å². The van der Waals surface area contributed by atoms with Gasteiger partial charge >= 0.3 is 0 Å². The molecule has 0 radical (unpaired) electrons. The third kappa shape index (κ3) is 2.25. The Hall–Kier alpha value is -2.81. The van der Waals surface area contributed by atoms with Crippen LogP contribution in [0, 0.1) is 6.92 Å². The van der Waals surface area contributed by atoms with E-state index in [1.54, 1.807) is 0 Å². The minimum absolute atomic E-state index is 1.03. The van der Waals surface area contributed by atoms with E-state index in [0.29, 0.717) is 0 Å². The summed E-state index contributed by atoms with van der Waals surface area (Å²) in [7, 11) is 4.11. The standard InChI is InChI=1S/C20H19N3/c1-14-6-11-18-17(13-14)21-20(19-5-4-12-23(18)19)15-7-9-16(10-8-15)22(2)3/h4-13H,1-3H3. The van der Waals surface area contributed by atoms with E-state index in [0.717, 1.165) is 27.8 Å². The van der Waals surface area contributed by atoms with Crippen LogP contribution in [0.3, 0.4) is 0 Å². The smallest absolute Gasteiger partial charge is 0.0950 e. The Bertz CT molecular complexity index is 995. The Labute approximate surface area is 135 Å². The van der Waals surface area contributed by atoms with Crippen molar-refractivity contribution >= 4 is 22.2 Å². The first-order valence-corrected chi connectivity index (χ1v) is 7.79. The van der Waals surface area contributed by atoms with Crippen molar-refractivity contribution in [3.63, 3.8) is 0 Å². The predicted molar refractivity (Wildman–Crippen MR) is 97.2 cm³/mol. The monoisotopic (exact) mass is 301 g/mol. The number of nitrogens with zero attached hydrogens (tertiary/aromatic N) is 3. The number of aromatic nitrogens is 2. The van der Waals surface area contributed by atoms with Crippen molar-refractivity contribution in [3.05, 3.63) is 66.4 Å². The molecular weight excluding hydrogens is 282 g/mol. The summed E-state index contributed by atoms with van der Waals surface area (Å²) in [6, 6.07) is 19.2. The van der Waals surface area contributed by atoms with Crippen molar-refractivity contribution in [2.24, 2.45) is 0 Å². The van der Waals surface area contributed by atoms with Crippen LogP contribution >= 0.6 is 0 Å². The number of benzene rings is 2. The highest BCUT2D eigenvalue weighted by molar-refractivity contribution is 5.88. The molecule has 0 atom stereocenters. The second-order valence-corrected chi connectivity index (χ2v) is 6.16. The lowest BCUT2D eigenvalue weighted by molar-refractivity contribution is 1.13. The lowest BCUT2D eigenvalue weighted by Crippen LogP contribution is -2.08. The summed E-state index contributed by atoms with van der Waals surface area (Å²) < 4.78 is 2.22. The number of hydrogen-bond acceptors (Lipinski definition) is 2. The molecule has 23 heavy (non-hydrogen) atoms. The van der Waals surface area contributed by atoms with Crippen LogP contribution in [-0.4, -0.2) is 23.5 Å². The van der Waals surface area contributed by atoms with E-state index in [9.17, 15) is 0 Å². The third-order valence-corrected chi connectivity index (χ3v) is 4.27. The molecular formula is C20H19N3. The summed E-state index contributed by atoms with van der Waals surface area (Å²) in [5, 5.41) is 0. The maximum Gasteiger partial charge on any atom is 0.0950 e. The van der Waals surface area contributed by atoms with Gasteiger partial charge in [-0.1, -0.05) is 18.2 Å². The molecule has 114 valence electrons. The minimum atomic E-state index is 1.03. The molecule has 0 fully saturated rings. The fraction of sp³-hybridized carbons (Fsp3) is 0.150. The highest BCUT2D eigenvalue weighted by Gasteiger charge is 2.10. The van der Waals surface area contributed by atoms with Crippen LogP contribution in [0.25, 0.3) is 27.8 Å². The van der Waals surface area contributed by atoms with E-state index in [4.69, 9.17) is 4.98 Å². The zero-order valence-electron chi connectivity index (χ0n) is 13.6. The topological polar surface area (TPSA) is 20.5 Å². The van der Waals surface area contributed by atoms with Crippen molar-refractivity contribution in [3.8, 4) is 11.3 Å². The quantitative estimate of drug-likeness (QED) is 0.542. The van der Waals surface area contributed by atoms with Gasteiger partial charge in [-0.25, -0.2) is 4.98 Å². The van der Waals surface area contributed by atoms with Gasteiger partial charge < -0.3 is 9.30 Å². The van der Waals surface area contributed by atoms with Gasteiger partial charge in [-0.05, 0) is 48.9 Å². The zero-order valence-corrected chi connectivity index (χ0v) is 13.6. The molecule has 0 amide bonds. The number of anilines is 1. The normalized spacial score (nSPS) is 11.3. The summed E-state index contributed by atoms with van der Waals surface area (Å²) >= 11 is 0. The van der Waals surface area contributed by atoms with Gasteiger partial charge in [0.1, 0.15) is 0 Å². The van der Waals surface area contributed by atoms with Gasteiger partial charge in [0.25, 0.3) is 0 Å². The van der Waals surface area contributed by atoms with Crippen LogP contribution < -0.4 is 4.90 Å². The molecule has 0 saturated heterocycles. The molecule has 4 aromatic rings. The average molecular weight is 301 g/mol. The third-order valence-electron chi connectivity index (χ3n) is 4.27. The summed E-state index contributed by atoms with van der Waals surface area (Å²) in [5.74, 6) is 0. The largest absolute Gasteiger partial charge is 0.378 e. The number of aryl methyl sites for hydroxylation is 1. The summed E-state index contributed by atoms with van der Waals surface area (Å²) in [6.45, 7) is 2.10. The Morgan fingerprint density at radius 3 is 2.43 bits per heavy atom. The van der Waals surface area contributed by atoms with E-state index in [1.165, 1.54) is 11.3 Å². The molecule has 0 N–H and O–H groups in total. The molecule has 0 bridgehead atoms. The van der Waals surface area contributed by atoms with Gasteiger partial charge in [0, 0.05) is 31.5 Å². The predicted octanol–water partition coefficient (Wildman–Crippen LogP) is 4.53. The molecule has 0 spiro atoms. The molecule has 4 rings (SSSR count). The van der Waals surface area contributed by atoms with Crippen LogP contribution in [0.1, 0.15) is 5.56 Å². The van der Waals surface area contributed by atoms with Crippen LogP contribution in [0.5, 0.6) is 0 Å². The van der Waals surface area contributed by atoms with Crippen LogP contribution in [0.15, 0.2) is 60.8 Å². The number of fused-ring (bicyclic) bond motifs is 3. The zero-order chi connectivity index (χ0) is 16.0. The molecule has 2 heterocycles. The van der Waals surface area contributed by atoms with Crippen LogP contribution in [0.4, 0.5) is 5.69 Å². The highest BCUT2D eigenvalue weighted by atomic mass is 15.1. The molecule has 0 aliphatic carbocycles. The van der Waals surface area contributed by atoms with E-state index < -0.39 is 0 Å². The average Bonchev–Trinajstić information content (AvgIpc) is 3.03. The molecule has 0 aliphatic rings. The Morgan fingerprint density at radius 2 is 1.70 bits per heavy atom. The fourth-order valence-corrected chi connectivity index (χ4v) is 3.02. The first-order chi connectivity index (χ1) is 11.1. The molecule has 2 aromatic carbocycles. The highest BCUT2D eigenvalue weighted by Crippen LogP contribution is 2.28. The Kier molecular flexibility index (Phi) is 3.08. The molecule has 3 nitrogen and oxygen atoms in total. The van der Waals surface area contributed by atoms with E-state index in [2.05, 4.69) is 91.1 Å². The lowest BCUT2D eigenvalue weighted by atomic mass is 10.1. The number of rotatable bonds is 2. The van der Waals surface area contributed by atoms with Gasteiger partial charge in [0.2, 0.25) is 0 Å². The van der Waals surface area contributed by atoms with Crippen molar-refractivity contribution in [2.45, 2.75) is 6.92 Å². The molecule has 2 aromatic heterocycles. The second kappa shape index (κ2) is 5.13. The van der Waals surface area contributed by atoms with E-state index in [-0.39, 0.29) is 0 Å². The first kappa shape index (κ1) is 13.8. The minimum Gasteiger partial charge on any atom is -0.378 e. The van der Waals surface area contributed by atoms with Gasteiger partial charge in [0.15, 0.2) is 0 Å². The molecule has 3 heteroatoms. The molecule has 0 aliphatic heterocycles. The maximum atomic E-state index is 4.95. The molecule has 0 unspecified atom stereocenters. The first-order valence-electron chi connectivity index (χ1n) is 7.79. The summed E-state index contributed by atoms with van der Waals surface area (Å²) in [4.78, 5) is 7.05. The lowest BCUT2D eigenvalue weighted by Gasteiger charge is -2.13. The maximum absolute atomic E-state index is 4.95. The van der Waals surface area contributed by atoms with E-state index in [1.807, 2.05) is 0 Å². The van der Waals surface area contributed by atoms with Gasteiger partial charge in [0.05, 0.1) is 22.2 Å². The van der Waals surface area contributed by atoms with Crippen LogP contribution in [0.2, 0.25) is 0 Å². The SMILES string of the molecule is Cc1ccc2c(c1)nc(-c1ccc(N(C)C)cc1)c1cccn12. The fourth-order valence-electron chi connectivity index (χ4n) is 3.02. The van der Waals surface area contributed by atoms with Crippen molar-refractivity contribution in [1.29, 1.82) is 0 Å². The van der Waals surface area contributed by atoms with Gasteiger partial charge in [-0.3, -0.25) is 0 Å². The van der Waals surface area contributed by atoms with E-state index >= 15 is 0 Å². The Balaban J connectivity index is 1.99. The van der Waals surface area contributed by atoms with Gasteiger partial charge in [-0.15, -0.1) is 0 Å². The van der Waals surface area contributed by atoms with Crippen molar-refractivity contribution in [1.82, 2.24) is 9.38 Å². The molecule has 0 saturated carbocycles.